The van der Waals surface area contributed by atoms with Gasteiger partial charge >= 0.3 is 0 Å². The van der Waals surface area contributed by atoms with Gasteiger partial charge < -0.3 is 10.6 Å². The number of piperidine rings is 1. The number of hydrogen-bond acceptors (Lipinski definition) is 5. The monoisotopic (exact) mass is 397 g/mol. The number of aliphatic imine (C=N–C) groups is 1. The Morgan fingerprint density at radius 1 is 1.25 bits per heavy atom. The Kier molecular flexibility index (Phi) is 5.57. The number of rotatable bonds is 5. The normalized spacial score (nSPS) is 18.9. The van der Waals surface area contributed by atoms with Gasteiger partial charge in [0.15, 0.2) is 0 Å². The molecule has 2 aliphatic rings. The van der Waals surface area contributed by atoms with E-state index in [1.165, 1.54) is 6.20 Å². The molecule has 1 aliphatic heterocycles. The fraction of sp³-hybridized carbons (Fsp3) is 0.429. The summed E-state index contributed by atoms with van der Waals surface area (Å²) < 4.78 is 0. The van der Waals surface area contributed by atoms with Crippen LogP contribution in [-0.2, 0) is 4.79 Å². The fourth-order valence-electron chi connectivity index (χ4n) is 3.58. The lowest BCUT2D eigenvalue weighted by Crippen LogP contribution is -2.39. The smallest absolute Gasteiger partial charge is 0.225 e. The summed E-state index contributed by atoms with van der Waals surface area (Å²) in [5.41, 5.74) is 8.99. The van der Waals surface area contributed by atoms with Crippen molar-refractivity contribution in [3.63, 3.8) is 0 Å². The standard InChI is InChI=1S/C21H24ClN5O/c22-20-4-3-18-19(26-20)9-16(13-25-18)17(10-23)12-24-11-14-5-7-27(8-6-14)21(28)15-1-2-15/h3-4,9-10,12-15H,1-2,5-8,11,23H2. The number of carbonyl (C=O) groups excluding carboxylic acids is 1. The van der Waals surface area contributed by atoms with Crippen LogP contribution in [0.4, 0.5) is 0 Å². The van der Waals surface area contributed by atoms with Gasteiger partial charge in [-0.1, -0.05) is 11.6 Å². The molecule has 0 radical (unpaired) electrons. The van der Waals surface area contributed by atoms with Crippen LogP contribution in [0.25, 0.3) is 16.6 Å². The van der Waals surface area contributed by atoms with E-state index in [4.69, 9.17) is 17.3 Å². The number of nitrogens with zero attached hydrogens (tertiary/aromatic N) is 4. The fourth-order valence-corrected chi connectivity index (χ4v) is 3.73. The zero-order valence-electron chi connectivity index (χ0n) is 15.7. The third-order valence-electron chi connectivity index (χ3n) is 5.46. The maximum atomic E-state index is 12.1. The van der Waals surface area contributed by atoms with E-state index in [2.05, 4.69) is 15.0 Å². The molecule has 0 aromatic carbocycles. The van der Waals surface area contributed by atoms with Gasteiger partial charge in [-0.05, 0) is 49.8 Å². The van der Waals surface area contributed by atoms with E-state index in [0.29, 0.717) is 22.9 Å². The van der Waals surface area contributed by atoms with E-state index in [1.807, 2.05) is 17.0 Å². The maximum absolute atomic E-state index is 12.1. The summed E-state index contributed by atoms with van der Waals surface area (Å²) >= 11 is 5.98. The van der Waals surface area contributed by atoms with Gasteiger partial charge in [-0.3, -0.25) is 14.8 Å². The van der Waals surface area contributed by atoms with Crippen molar-refractivity contribution in [2.24, 2.45) is 22.6 Å². The number of amides is 1. The highest BCUT2D eigenvalue weighted by Gasteiger charge is 2.34. The van der Waals surface area contributed by atoms with Gasteiger partial charge in [-0.15, -0.1) is 0 Å². The summed E-state index contributed by atoms with van der Waals surface area (Å²) in [4.78, 5) is 27.5. The highest BCUT2D eigenvalue weighted by molar-refractivity contribution is 6.29. The SMILES string of the molecule is NC=C(C=NCC1CCN(C(=O)C2CC2)CC1)c1cnc2ccc(Cl)nc2c1. The van der Waals surface area contributed by atoms with Crippen LogP contribution < -0.4 is 5.73 Å². The summed E-state index contributed by atoms with van der Waals surface area (Å²) in [6, 6.07) is 5.48. The third kappa shape index (κ3) is 4.33. The maximum Gasteiger partial charge on any atom is 0.225 e. The topological polar surface area (TPSA) is 84.5 Å². The lowest BCUT2D eigenvalue weighted by atomic mass is 9.96. The van der Waals surface area contributed by atoms with E-state index < -0.39 is 0 Å². The molecule has 0 bridgehead atoms. The molecule has 2 aromatic rings. The molecule has 1 aliphatic carbocycles. The van der Waals surface area contributed by atoms with Crippen molar-refractivity contribution >= 4 is 40.3 Å². The van der Waals surface area contributed by atoms with Gasteiger partial charge in [0.25, 0.3) is 0 Å². The van der Waals surface area contributed by atoms with Crippen molar-refractivity contribution in [1.82, 2.24) is 14.9 Å². The van der Waals surface area contributed by atoms with E-state index in [9.17, 15) is 4.79 Å². The van der Waals surface area contributed by atoms with Gasteiger partial charge in [-0.25, -0.2) is 4.98 Å². The number of hydrogen-bond donors (Lipinski definition) is 1. The average molecular weight is 398 g/mol. The highest BCUT2D eigenvalue weighted by Crippen LogP contribution is 2.32. The van der Waals surface area contributed by atoms with Crippen molar-refractivity contribution in [3.05, 3.63) is 41.3 Å². The molecule has 7 heteroatoms. The molecule has 0 atom stereocenters. The Hall–Kier alpha value is -2.47. The van der Waals surface area contributed by atoms with E-state index in [1.54, 1.807) is 18.5 Å². The number of aromatic nitrogens is 2. The van der Waals surface area contributed by atoms with Crippen molar-refractivity contribution in [1.29, 1.82) is 0 Å². The molecule has 0 unspecified atom stereocenters. The Bertz CT molecular complexity index is 930. The number of halogens is 1. The van der Waals surface area contributed by atoms with Gasteiger partial charge in [-0.2, -0.15) is 0 Å². The quantitative estimate of drug-likeness (QED) is 0.619. The highest BCUT2D eigenvalue weighted by atomic mass is 35.5. The molecule has 2 aromatic heterocycles. The zero-order chi connectivity index (χ0) is 19.5. The first-order valence-electron chi connectivity index (χ1n) is 9.77. The van der Waals surface area contributed by atoms with Crippen molar-refractivity contribution in [3.8, 4) is 0 Å². The number of carbonyl (C=O) groups is 1. The van der Waals surface area contributed by atoms with E-state index in [-0.39, 0.29) is 0 Å². The molecule has 6 nitrogen and oxygen atoms in total. The Labute approximate surface area is 169 Å². The summed E-state index contributed by atoms with van der Waals surface area (Å²) in [7, 11) is 0. The number of allylic oxidation sites excluding steroid dienone is 1. The molecule has 0 spiro atoms. The minimum atomic E-state index is 0.312. The predicted octanol–water partition coefficient (Wildman–Crippen LogP) is 3.30. The van der Waals surface area contributed by atoms with Crippen molar-refractivity contribution < 1.29 is 4.79 Å². The van der Waals surface area contributed by atoms with Crippen LogP contribution in [-0.4, -0.2) is 46.6 Å². The van der Waals surface area contributed by atoms with Crippen LogP contribution in [0.5, 0.6) is 0 Å². The van der Waals surface area contributed by atoms with Gasteiger partial charge in [0.2, 0.25) is 5.91 Å². The summed E-state index contributed by atoms with van der Waals surface area (Å²) in [5, 5.41) is 0.435. The molecule has 2 N–H and O–H groups in total. The predicted molar refractivity (Wildman–Crippen MR) is 112 cm³/mol. The molecule has 28 heavy (non-hydrogen) atoms. The first-order valence-corrected chi connectivity index (χ1v) is 10.1. The second-order valence-corrected chi connectivity index (χ2v) is 7.94. The van der Waals surface area contributed by atoms with Crippen LogP contribution in [0.3, 0.4) is 0 Å². The van der Waals surface area contributed by atoms with Gasteiger partial charge in [0, 0.05) is 55.3 Å². The number of fused-ring (bicyclic) bond motifs is 1. The zero-order valence-corrected chi connectivity index (χ0v) is 16.5. The first kappa shape index (κ1) is 18.9. The molecular formula is C21H24ClN5O. The number of likely N-dealkylation sites (tertiary alicyclic amines) is 1. The van der Waals surface area contributed by atoms with Crippen LogP contribution >= 0.6 is 11.6 Å². The molecule has 1 saturated carbocycles. The van der Waals surface area contributed by atoms with Crippen LogP contribution in [0.2, 0.25) is 5.15 Å². The second kappa shape index (κ2) is 8.27. The van der Waals surface area contributed by atoms with Gasteiger partial charge in [0.1, 0.15) is 5.15 Å². The summed E-state index contributed by atoms with van der Waals surface area (Å²) in [5.74, 6) is 1.17. The molecule has 2 fully saturated rings. The Morgan fingerprint density at radius 2 is 2.04 bits per heavy atom. The second-order valence-electron chi connectivity index (χ2n) is 7.56. The molecule has 3 heterocycles. The van der Waals surface area contributed by atoms with Crippen LogP contribution in [0, 0.1) is 11.8 Å². The number of nitrogens with two attached hydrogens (primary N) is 1. The molecule has 146 valence electrons. The Balaban J connectivity index is 1.35. The number of pyridine rings is 2. The first-order chi connectivity index (χ1) is 13.6. The van der Waals surface area contributed by atoms with E-state index >= 15 is 0 Å². The summed E-state index contributed by atoms with van der Waals surface area (Å²) in [6.45, 7) is 2.46. The lowest BCUT2D eigenvalue weighted by molar-refractivity contribution is -0.133. The average Bonchev–Trinajstić information content (AvgIpc) is 3.56. The Morgan fingerprint density at radius 3 is 2.75 bits per heavy atom. The van der Waals surface area contributed by atoms with Gasteiger partial charge in [0.05, 0.1) is 11.0 Å². The van der Waals surface area contributed by atoms with Crippen LogP contribution in [0.15, 0.2) is 35.6 Å². The summed E-state index contributed by atoms with van der Waals surface area (Å²) in [6.07, 6.45) is 9.27. The molecule has 1 amide bonds. The lowest BCUT2D eigenvalue weighted by Gasteiger charge is -2.31. The minimum absolute atomic E-state index is 0.312. The van der Waals surface area contributed by atoms with Crippen LogP contribution in [0.1, 0.15) is 31.2 Å². The molecule has 4 rings (SSSR count). The third-order valence-corrected chi connectivity index (χ3v) is 5.67. The molecular weight excluding hydrogens is 374 g/mol. The van der Waals surface area contributed by atoms with Crippen molar-refractivity contribution in [2.45, 2.75) is 25.7 Å². The largest absolute Gasteiger partial charge is 0.404 e. The van der Waals surface area contributed by atoms with Crippen molar-refractivity contribution in [2.75, 3.05) is 19.6 Å². The molecule has 1 saturated heterocycles. The van der Waals surface area contributed by atoms with E-state index in [0.717, 1.165) is 67.5 Å². The minimum Gasteiger partial charge on any atom is -0.404 e.